The van der Waals surface area contributed by atoms with Gasteiger partial charge in [0.1, 0.15) is 0 Å². The molecule has 0 aromatic carbocycles. The molecule has 0 aliphatic rings. The van der Waals surface area contributed by atoms with Crippen LogP contribution >= 0.6 is 0 Å². The summed E-state index contributed by atoms with van der Waals surface area (Å²) in [7, 11) is 0. The molecule has 0 spiro atoms. The molecule has 0 atom stereocenters. The molecule has 3 nitrogen and oxygen atoms in total. The number of unbranched alkanes of at least 4 members (excludes halogenated alkanes) is 6. The maximum absolute atomic E-state index is 11.5. The largest absolute Gasteiger partial charge is 0.354 e. The molecule has 3 heteroatoms. The van der Waals surface area contributed by atoms with Crippen LogP contribution in [-0.4, -0.2) is 24.7 Å². The minimum atomic E-state index is 0.153. The Morgan fingerprint density at radius 1 is 1.16 bits per heavy atom. The molecular weight excluding hydrogens is 236 g/mol. The Balaban J connectivity index is 3.33. The van der Waals surface area contributed by atoms with Crippen LogP contribution in [0.1, 0.15) is 65.2 Å². The van der Waals surface area contributed by atoms with Crippen LogP contribution in [0.3, 0.4) is 0 Å². The van der Waals surface area contributed by atoms with Gasteiger partial charge in [0.25, 0.3) is 0 Å². The summed E-state index contributed by atoms with van der Waals surface area (Å²) in [6.07, 6.45) is 11.1. The van der Waals surface area contributed by atoms with Crippen LogP contribution in [0.2, 0.25) is 0 Å². The predicted octanol–water partition coefficient (Wildman–Crippen LogP) is 3.89. The summed E-state index contributed by atoms with van der Waals surface area (Å²) in [4.78, 5) is 15.7. The SMILES string of the molecule is C=CC(C)=NCCNC(=O)CCCCCCCCC. The maximum atomic E-state index is 11.5. The van der Waals surface area contributed by atoms with E-state index >= 15 is 0 Å². The molecule has 0 saturated heterocycles. The van der Waals surface area contributed by atoms with E-state index in [-0.39, 0.29) is 5.91 Å². The highest BCUT2D eigenvalue weighted by Gasteiger charge is 1.99. The molecule has 0 saturated carbocycles. The quantitative estimate of drug-likeness (QED) is 0.422. The van der Waals surface area contributed by atoms with Crippen molar-refractivity contribution < 1.29 is 4.79 Å². The third-order valence-corrected chi connectivity index (χ3v) is 3.10. The van der Waals surface area contributed by atoms with Gasteiger partial charge in [0.15, 0.2) is 0 Å². The molecule has 1 N–H and O–H groups in total. The lowest BCUT2D eigenvalue weighted by Gasteiger charge is -2.04. The minimum absolute atomic E-state index is 0.153. The molecule has 0 fully saturated rings. The van der Waals surface area contributed by atoms with Crippen molar-refractivity contribution >= 4 is 11.6 Å². The average molecular weight is 266 g/mol. The first-order valence-electron chi connectivity index (χ1n) is 7.61. The van der Waals surface area contributed by atoms with Gasteiger partial charge in [-0.3, -0.25) is 9.79 Å². The van der Waals surface area contributed by atoms with Crippen molar-refractivity contribution in [2.75, 3.05) is 13.1 Å². The number of aliphatic imine (C=N–C) groups is 1. The van der Waals surface area contributed by atoms with Crippen molar-refractivity contribution in [3.05, 3.63) is 12.7 Å². The number of nitrogens with zero attached hydrogens (tertiary/aromatic N) is 1. The lowest BCUT2D eigenvalue weighted by atomic mass is 10.1. The second kappa shape index (κ2) is 13.3. The van der Waals surface area contributed by atoms with Crippen molar-refractivity contribution in [1.82, 2.24) is 5.32 Å². The molecule has 0 heterocycles. The third-order valence-electron chi connectivity index (χ3n) is 3.10. The Bertz CT molecular complexity index is 272. The molecule has 110 valence electrons. The second-order valence-corrected chi connectivity index (χ2v) is 4.95. The van der Waals surface area contributed by atoms with E-state index in [2.05, 4.69) is 23.8 Å². The summed E-state index contributed by atoms with van der Waals surface area (Å²) >= 11 is 0. The normalized spacial score (nSPS) is 11.4. The summed E-state index contributed by atoms with van der Waals surface area (Å²) in [5.74, 6) is 0.153. The maximum Gasteiger partial charge on any atom is 0.220 e. The van der Waals surface area contributed by atoms with Crippen LogP contribution in [0.5, 0.6) is 0 Å². The van der Waals surface area contributed by atoms with E-state index in [0.717, 1.165) is 12.1 Å². The summed E-state index contributed by atoms with van der Waals surface area (Å²) < 4.78 is 0. The lowest BCUT2D eigenvalue weighted by Crippen LogP contribution is -2.25. The van der Waals surface area contributed by atoms with E-state index in [4.69, 9.17) is 0 Å². The van der Waals surface area contributed by atoms with Crippen LogP contribution in [-0.2, 0) is 4.79 Å². The molecule has 0 aliphatic heterocycles. The van der Waals surface area contributed by atoms with Gasteiger partial charge >= 0.3 is 0 Å². The fraction of sp³-hybridized carbons (Fsp3) is 0.750. The fourth-order valence-electron chi connectivity index (χ4n) is 1.82. The van der Waals surface area contributed by atoms with Crippen LogP contribution in [0.15, 0.2) is 17.6 Å². The second-order valence-electron chi connectivity index (χ2n) is 4.95. The molecule has 1 amide bonds. The van der Waals surface area contributed by atoms with Gasteiger partial charge < -0.3 is 5.32 Å². The number of nitrogens with one attached hydrogen (secondary N) is 1. The fourth-order valence-corrected chi connectivity index (χ4v) is 1.82. The summed E-state index contributed by atoms with van der Waals surface area (Å²) in [6, 6.07) is 0. The molecule has 0 radical (unpaired) electrons. The number of amides is 1. The average Bonchev–Trinajstić information content (AvgIpc) is 2.42. The Morgan fingerprint density at radius 3 is 2.42 bits per heavy atom. The Hall–Kier alpha value is -1.12. The van der Waals surface area contributed by atoms with Gasteiger partial charge in [-0.05, 0) is 19.4 Å². The zero-order valence-electron chi connectivity index (χ0n) is 12.7. The van der Waals surface area contributed by atoms with E-state index in [9.17, 15) is 4.79 Å². The predicted molar refractivity (Wildman–Crippen MR) is 83.8 cm³/mol. The van der Waals surface area contributed by atoms with Gasteiger partial charge in [-0.1, -0.05) is 52.0 Å². The molecule has 0 unspecified atom stereocenters. The number of hydrogen-bond donors (Lipinski definition) is 1. The first kappa shape index (κ1) is 17.9. The van der Waals surface area contributed by atoms with E-state index in [1.54, 1.807) is 6.08 Å². The number of carbonyl (C=O) groups excluding carboxylic acids is 1. The van der Waals surface area contributed by atoms with Gasteiger partial charge in [0, 0.05) is 18.7 Å². The van der Waals surface area contributed by atoms with Crippen molar-refractivity contribution in [2.24, 2.45) is 4.99 Å². The zero-order valence-corrected chi connectivity index (χ0v) is 12.7. The molecule has 19 heavy (non-hydrogen) atoms. The Kier molecular flexibility index (Phi) is 12.5. The zero-order chi connectivity index (χ0) is 14.3. The van der Waals surface area contributed by atoms with Gasteiger partial charge in [0.2, 0.25) is 5.91 Å². The monoisotopic (exact) mass is 266 g/mol. The summed E-state index contributed by atoms with van der Waals surface area (Å²) in [5, 5.41) is 2.89. The molecule has 0 rings (SSSR count). The van der Waals surface area contributed by atoms with Crippen molar-refractivity contribution in [3.8, 4) is 0 Å². The number of rotatable bonds is 12. The van der Waals surface area contributed by atoms with Crippen LogP contribution in [0.25, 0.3) is 0 Å². The molecular formula is C16H30N2O. The van der Waals surface area contributed by atoms with Crippen LogP contribution < -0.4 is 5.32 Å². The van der Waals surface area contributed by atoms with Gasteiger partial charge in [0.05, 0.1) is 6.54 Å². The number of carbonyl (C=O) groups is 1. The van der Waals surface area contributed by atoms with E-state index in [0.29, 0.717) is 19.5 Å². The Morgan fingerprint density at radius 2 is 1.79 bits per heavy atom. The topological polar surface area (TPSA) is 41.5 Å². The molecule has 0 aromatic rings. The summed E-state index contributed by atoms with van der Waals surface area (Å²) in [6.45, 7) is 9.04. The highest BCUT2D eigenvalue weighted by Crippen LogP contribution is 2.08. The van der Waals surface area contributed by atoms with Crippen molar-refractivity contribution in [1.29, 1.82) is 0 Å². The summed E-state index contributed by atoms with van der Waals surface area (Å²) in [5.41, 5.74) is 0.918. The highest BCUT2D eigenvalue weighted by atomic mass is 16.1. The molecule has 0 aliphatic carbocycles. The standard InChI is InChI=1S/C16H30N2O/c1-4-6-7-8-9-10-11-12-16(19)18-14-13-17-15(3)5-2/h5H,2,4,6-14H2,1,3H3,(H,18,19). The lowest BCUT2D eigenvalue weighted by molar-refractivity contribution is -0.121. The molecule has 0 aromatic heterocycles. The number of allylic oxidation sites excluding steroid dienone is 1. The molecule has 0 bridgehead atoms. The van der Waals surface area contributed by atoms with Gasteiger partial charge in [-0.2, -0.15) is 0 Å². The van der Waals surface area contributed by atoms with Gasteiger partial charge in [-0.15, -0.1) is 0 Å². The van der Waals surface area contributed by atoms with Crippen molar-refractivity contribution in [2.45, 2.75) is 65.2 Å². The van der Waals surface area contributed by atoms with E-state index in [1.807, 2.05) is 6.92 Å². The first-order chi connectivity index (χ1) is 9.20. The third kappa shape index (κ3) is 13.1. The first-order valence-corrected chi connectivity index (χ1v) is 7.61. The smallest absolute Gasteiger partial charge is 0.220 e. The Labute approximate surface area is 118 Å². The van der Waals surface area contributed by atoms with Crippen LogP contribution in [0.4, 0.5) is 0 Å². The van der Waals surface area contributed by atoms with Crippen LogP contribution in [0, 0.1) is 0 Å². The number of hydrogen-bond acceptors (Lipinski definition) is 2. The van der Waals surface area contributed by atoms with E-state index in [1.165, 1.54) is 38.5 Å². The van der Waals surface area contributed by atoms with E-state index < -0.39 is 0 Å². The van der Waals surface area contributed by atoms with Crippen molar-refractivity contribution in [3.63, 3.8) is 0 Å². The highest BCUT2D eigenvalue weighted by molar-refractivity contribution is 5.92. The van der Waals surface area contributed by atoms with Gasteiger partial charge in [-0.25, -0.2) is 0 Å². The minimum Gasteiger partial charge on any atom is -0.354 e.